The SMILES string of the molecule is CCP(CC)(CC)=[N+]=P(CC)(CC)CC. The molecule has 0 aromatic heterocycles. The lowest BCUT2D eigenvalue weighted by molar-refractivity contribution is 1.27. The van der Waals surface area contributed by atoms with Crippen LogP contribution in [-0.2, 0) is 0 Å². The molecule has 0 saturated carbocycles. The first-order valence-corrected chi connectivity index (χ1v) is 11.1. The van der Waals surface area contributed by atoms with Crippen molar-refractivity contribution >= 4 is 14.1 Å². The van der Waals surface area contributed by atoms with Gasteiger partial charge in [-0.05, 0) is 0 Å². The minimum absolute atomic E-state index is 0.936. The summed E-state index contributed by atoms with van der Waals surface area (Å²) in [6, 6.07) is 0. The van der Waals surface area contributed by atoms with Crippen molar-refractivity contribution in [2.75, 3.05) is 37.0 Å². The predicted molar refractivity (Wildman–Crippen MR) is 79.2 cm³/mol. The second-order valence-electron chi connectivity index (χ2n) is 4.18. The second-order valence-corrected chi connectivity index (χ2v) is 13.1. The second kappa shape index (κ2) is 7.01. The Hall–Kier alpha value is 0.570. The van der Waals surface area contributed by atoms with Gasteiger partial charge in [0.2, 0.25) is 14.1 Å². The van der Waals surface area contributed by atoms with Crippen LogP contribution in [0.2, 0.25) is 0 Å². The van der Waals surface area contributed by atoms with E-state index in [1.165, 1.54) is 37.0 Å². The van der Waals surface area contributed by atoms with Gasteiger partial charge in [-0.3, -0.25) is 0 Å². The summed E-state index contributed by atoms with van der Waals surface area (Å²) in [5.74, 6) is 0. The van der Waals surface area contributed by atoms with E-state index in [2.05, 4.69) is 41.5 Å². The summed E-state index contributed by atoms with van der Waals surface area (Å²) in [4.78, 5) is 0. The van der Waals surface area contributed by atoms with E-state index < -0.39 is 14.1 Å². The highest BCUT2D eigenvalue weighted by Gasteiger charge is 2.28. The summed E-state index contributed by atoms with van der Waals surface area (Å²) in [5, 5.41) is 0. The molecular weight excluding hydrogens is 220 g/mol. The van der Waals surface area contributed by atoms with Gasteiger partial charge in [-0.1, -0.05) is 41.5 Å². The van der Waals surface area contributed by atoms with Crippen molar-refractivity contribution in [1.29, 1.82) is 0 Å². The molecule has 0 N–H and O–H groups in total. The molecule has 0 unspecified atom stereocenters. The van der Waals surface area contributed by atoms with E-state index >= 15 is 0 Å². The lowest BCUT2D eigenvalue weighted by atomic mass is 10.9. The summed E-state index contributed by atoms with van der Waals surface area (Å²) in [7, 11) is -1.87. The van der Waals surface area contributed by atoms with Gasteiger partial charge in [0.25, 0.3) is 0 Å². The molecule has 0 atom stereocenters. The van der Waals surface area contributed by atoms with Crippen molar-refractivity contribution in [2.24, 2.45) is 0 Å². The van der Waals surface area contributed by atoms with E-state index in [0.717, 1.165) is 0 Å². The Balaban J connectivity index is 5.84. The molecule has 0 saturated heterocycles. The number of nitrogens with zero attached hydrogens (tertiary/aromatic N) is 1. The standard InChI is InChI=1S/C12H30NP2/c1-7-14(8-2,9-3)13-15(10-4,11-5)12-6/h7-12H2,1-6H3/q+1. The van der Waals surface area contributed by atoms with Gasteiger partial charge in [-0.15, -0.1) is 0 Å². The van der Waals surface area contributed by atoms with Crippen LogP contribution in [0.25, 0.3) is 0 Å². The van der Waals surface area contributed by atoms with Gasteiger partial charge in [0.15, 0.2) is 0 Å². The molecule has 0 amide bonds. The monoisotopic (exact) mass is 250 g/mol. The lowest BCUT2D eigenvalue weighted by Gasteiger charge is -2.11. The van der Waals surface area contributed by atoms with Crippen LogP contribution < -0.4 is 4.17 Å². The molecule has 0 aliphatic carbocycles. The quantitative estimate of drug-likeness (QED) is 0.484. The van der Waals surface area contributed by atoms with Gasteiger partial charge in [0.05, 0.1) is 0 Å². The van der Waals surface area contributed by atoms with Gasteiger partial charge >= 0.3 is 0 Å². The molecule has 0 spiro atoms. The highest BCUT2D eigenvalue weighted by molar-refractivity contribution is 7.73. The van der Waals surface area contributed by atoms with E-state index in [1.807, 2.05) is 0 Å². The van der Waals surface area contributed by atoms with Gasteiger partial charge < -0.3 is 0 Å². The maximum Gasteiger partial charge on any atom is 0.215 e. The molecule has 15 heavy (non-hydrogen) atoms. The van der Waals surface area contributed by atoms with Crippen LogP contribution in [0, 0.1) is 0 Å². The highest BCUT2D eigenvalue weighted by atomic mass is 31.2. The molecule has 0 aromatic carbocycles. The fourth-order valence-electron chi connectivity index (χ4n) is 2.12. The molecule has 3 heteroatoms. The molecule has 0 fully saturated rings. The Morgan fingerprint density at radius 3 is 0.867 bits per heavy atom. The summed E-state index contributed by atoms with van der Waals surface area (Å²) in [5.41, 5.74) is 0. The summed E-state index contributed by atoms with van der Waals surface area (Å²) >= 11 is 0. The summed E-state index contributed by atoms with van der Waals surface area (Å²) in [6.07, 6.45) is 7.93. The number of hydrogen-bond donors (Lipinski definition) is 0. The molecule has 0 aliphatic rings. The normalized spacial score (nSPS) is 12.7. The Morgan fingerprint density at radius 2 is 0.733 bits per heavy atom. The zero-order valence-corrected chi connectivity index (χ0v) is 13.4. The molecule has 0 aromatic rings. The van der Waals surface area contributed by atoms with Crippen LogP contribution in [-0.4, -0.2) is 37.0 Å². The van der Waals surface area contributed by atoms with Gasteiger partial charge in [0, 0.05) is 37.0 Å². The Labute approximate surface area is 97.2 Å². The molecule has 1 nitrogen and oxygen atoms in total. The first-order valence-electron chi connectivity index (χ1n) is 6.54. The smallest absolute Gasteiger partial charge is 0.177 e. The van der Waals surface area contributed by atoms with E-state index in [4.69, 9.17) is 4.17 Å². The number of hydrogen-bond acceptors (Lipinski definition) is 0. The van der Waals surface area contributed by atoms with Gasteiger partial charge in [-0.2, -0.15) is 4.17 Å². The van der Waals surface area contributed by atoms with Crippen molar-refractivity contribution < 1.29 is 0 Å². The lowest BCUT2D eigenvalue weighted by Crippen LogP contribution is -2.01. The van der Waals surface area contributed by atoms with Crippen molar-refractivity contribution in [2.45, 2.75) is 41.5 Å². The molecular formula is C12H30NP2+. The maximum absolute atomic E-state index is 5.47. The molecule has 0 heterocycles. The van der Waals surface area contributed by atoms with Gasteiger partial charge in [-0.25, -0.2) is 0 Å². The molecule has 0 aliphatic heterocycles. The number of rotatable bonds is 6. The largest absolute Gasteiger partial charge is 0.215 e. The minimum Gasteiger partial charge on any atom is -0.177 e. The first kappa shape index (κ1) is 15.6. The summed E-state index contributed by atoms with van der Waals surface area (Å²) < 4.78 is 5.47. The fraction of sp³-hybridized carbons (Fsp3) is 1.00. The summed E-state index contributed by atoms with van der Waals surface area (Å²) in [6.45, 7) is 14.1. The third-order valence-electron chi connectivity index (χ3n) is 3.91. The average Bonchev–Trinajstić information content (AvgIpc) is 2.33. The topological polar surface area (TPSA) is 14.1 Å². The Bertz CT molecular complexity index is 224. The fourth-order valence-corrected chi connectivity index (χ4v) is 11.1. The molecule has 0 radical (unpaired) electrons. The van der Waals surface area contributed by atoms with Crippen LogP contribution in [0.3, 0.4) is 0 Å². The minimum atomic E-state index is -0.936. The third kappa shape index (κ3) is 3.81. The highest BCUT2D eigenvalue weighted by Crippen LogP contribution is 2.51. The zero-order valence-electron chi connectivity index (χ0n) is 11.6. The van der Waals surface area contributed by atoms with Crippen LogP contribution >= 0.6 is 14.1 Å². The Morgan fingerprint density at radius 1 is 0.533 bits per heavy atom. The molecule has 0 bridgehead atoms. The zero-order chi connectivity index (χ0) is 11.9. The molecule has 92 valence electrons. The van der Waals surface area contributed by atoms with E-state index in [1.54, 1.807) is 0 Å². The van der Waals surface area contributed by atoms with Crippen LogP contribution in [0.5, 0.6) is 0 Å². The van der Waals surface area contributed by atoms with Crippen molar-refractivity contribution in [3.63, 3.8) is 0 Å². The van der Waals surface area contributed by atoms with Crippen molar-refractivity contribution in [3.8, 4) is 0 Å². The van der Waals surface area contributed by atoms with Crippen molar-refractivity contribution in [3.05, 3.63) is 0 Å². The Kier molecular flexibility index (Phi) is 7.27. The van der Waals surface area contributed by atoms with Gasteiger partial charge in [0.1, 0.15) is 0 Å². The molecule has 0 rings (SSSR count). The maximum atomic E-state index is 5.47. The average molecular weight is 250 g/mol. The van der Waals surface area contributed by atoms with Crippen LogP contribution in [0.15, 0.2) is 0 Å². The van der Waals surface area contributed by atoms with Crippen LogP contribution in [0.1, 0.15) is 41.5 Å². The van der Waals surface area contributed by atoms with Crippen LogP contribution in [0.4, 0.5) is 0 Å². The van der Waals surface area contributed by atoms with Crippen molar-refractivity contribution in [1.82, 2.24) is 4.17 Å². The van der Waals surface area contributed by atoms with E-state index in [-0.39, 0.29) is 0 Å². The third-order valence-corrected chi connectivity index (χ3v) is 14.0. The van der Waals surface area contributed by atoms with E-state index in [0.29, 0.717) is 0 Å². The predicted octanol–water partition coefficient (Wildman–Crippen LogP) is 4.58. The first-order chi connectivity index (χ1) is 7.07. The van der Waals surface area contributed by atoms with E-state index in [9.17, 15) is 0 Å².